The molecule has 0 spiro atoms. The standard InChI is InChI=1S/C17H24N4O2/c22-17(21-7-8-23-16-4-2-1-3-15(16)21)11-20-6-5-13-9-18-12-19-14(13)10-20/h9,12,15-16H,1-8,10-11H2/t15-,16+/m0/s1. The Kier molecular flexibility index (Phi) is 4.27. The number of carbonyl (C=O) groups is 1. The summed E-state index contributed by atoms with van der Waals surface area (Å²) in [7, 11) is 0. The van der Waals surface area contributed by atoms with Crippen molar-refractivity contribution >= 4 is 5.91 Å². The molecule has 124 valence electrons. The maximum absolute atomic E-state index is 12.8. The topological polar surface area (TPSA) is 58.6 Å². The van der Waals surface area contributed by atoms with Crippen LogP contribution in [0.4, 0.5) is 0 Å². The Hall–Kier alpha value is -1.53. The van der Waals surface area contributed by atoms with Gasteiger partial charge >= 0.3 is 0 Å². The Morgan fingerprint density at radius 3 is 3.17 bits per heavy atom. The summed E-state index contributed by atoms with van der Waals surface area (Å²) in [5.41, 5.74) is 2.28. The smallest absolute Gasteiger partial charge is 0.237 e. The molecule has 6 heteroatoms. The van der Waals surface area contributed by atoms with Gasteiger partial charge in [0, 0.05) is 25.8 Å². The van der Waals surface area contributed by atoms with Crippen LogP contribution in [0.2, 0.25) is 0 Å². The van der Waals surface area contributed by atoms with E-state index in [2.05, 4.69) is 19.8 Å². The van der Waals surface area contributed by atoms with Crippen LogP contribution in [0.1, 0.15) is 36.9 Å². The molecule has 1 aromatic heterocycles. The van der Waals surface area contributed by atoms with Crippen LogP contribution in [0.3, 0.4) is 0 Å². The average Bonchev–Trinajstić information content (AvgIpc) is 2.61. The molecule has 1 aliphatic carbocycles. The van der Waals surface area contributed by atoms with Crippen molar-refractivity contribution in [2.45, 2.75) is 50.8 Å². The summed E-state index contributed by atoms with van der Waals surface area (Å²) in [6.45, 7) is 3.58. The molecule has 0 radical (unpaired) electrons. The Bertz CT molecular complexity index is 577. The van der Waals surface area contributed by atoms with Crippen LogP contribution in [0.25, 0.3) is 0 Å². The van der Waals surface area contributed by atoms with Gasteiger partial charge in [-0.3, -0.25) is 9.69 Å². The molecule has 0 aromatic carbocycles. The van der Waals surface area contributed by atoms with Crippen molar-refractivity contribution in [3.05, 3.63) is 23.8 Å². The molecule has 0 N–H and O–H groups in total. The van der Waals surface area contributed by atoms with Crippen molar-refractivity contribution in [2.24, 2.45) is 0 Å². The lowest BCUT2D eigenvalue weighted by atomic mass is 9.90. The molecule has 2 fully saturated rings. The van der Waals surface area contributed by atoms with E-state index >= 15 is 0 Å². The molecule has 2 atom stereocenters. The largest absolute Gasteiger partial charge is 0.374 e. The summed E-state index contributed by atoms with van der Waals surface area (Å²) >= 11 is 0. The lowest BCUT2D eigenvalue weighted by Crippen LogP contribution is -2.57. The van der Waals surface area contributed by atoms with Crippen molar-refractivity contribution < 1.29 is 9.53 Å². The van der Waals surface area contributed by atoms with Crippen LogP contribution >= 0.6 is 0 Å². The monoisotopic (exact) mass is 316 g/mol. The first-order chi connectivity index (χ1) is 11.3. The van der Waals surface area contributed by atoms with Gasteiger partial charge in [0.05, 0.1) is 31.0 Å². The fourth-order valence-electron chi connectivity index (χ4n) is 4.13. The minimum absolute atomic E-state index is 0.253. The van der Waals surface area contributed by atoms with Gasteiger partial charge in [0.1, 0.15) is 6.33 Å². The summed E-state index contributed by atoms with van der Waals surface area (Å²) in [5, 5.41) is 0. The first kappa shape index (κ1) is 15.0. The van der Waals surface area contributed by atoms with Crippen LogP contribution in [0.15, 0.2) is 12.5 Å². The number of amides is 1. The first-order valence-corrected chi connectivity index (χ1v) is 8.72. The third-order valence-corrected chi connectivity index (χ3v) is 5.36. The normalized spacial score (nSPS) is 28.1. The van der Waals surface area contributed by atoms with Crippen molar-refractivity contribution in [3.8, 4) is 0 Å². The SMILES string of the molecule is O=C(CN1CCc2cncnc2C1)N1CCO[C@@H]2CCCC[C@@H]21. The fraction of sp³-hybridized carbons (Fsp3) is 0.706. The molecule has 1 saturated heterocycles. The first-order valence-electron chi connectivity index (χ1n) is 8.72. The fourth-order valence-corrected chi connectivity index (χ4v) is 4.13. The minimum atomic E-state index is 0.253. The zero-order chi connectivity index (χ0) is 15.6. The number of hydrogen-bond donors (Lipinski definition) is 0. The predicted octanol–water partition coefficient (Wildman–Crippen LogP) is 1.00. The summed E-state index contributed by atoms with van der Waals surface area (Å²) < 4.78 is 5.87. The lowest BCUT2D eigenvalue weighted by molar-refractivity contribution is -0.150. The van der Waals surface area contributed by atoms with Gasteiger partial charge in [0.15, 0.2) is 0 Å². The third kappa shape index (κ3) is 3.10. The summed E-state index contributed by atoms with van der Waals surface area (Å²) in [4.78, 5) is 25.6. The van der Waals surface area contributed by atoms with E-state index in [0.29, 0.717) is 19.2 Å². The van der Waals surface area contributed by atoms with Crippen LogP contribution in [0, 0.1) is 0 Å². The van der Waals surface area contributed by atoms with Gasteiger partial charge in [0.2, 0.25) is 5.91 Å². The van der Waals surface area contributed by atoms with Gasteiger partial charge in [-0.1, -0.05) is 12.8 Å². The van der Waals surface area contributed by atoms with E-state index in [-0.39, 0.29) is 12.0 Å². The highest BCUT2D eigenvalue weighted by Gasteiger charge is 2.37. The van der Waals surface area contributed by atoms with Gasteiger partial charge in [0.25, 0.3) is 0 Å². The molecule has 0 unspecified atom stereocenters. The molecule has 1 amide bonds. The van der Waals surface area contributed by atoms with E-state index < -0.39 is 0 Å². The zero-order valence-electron chi connectivity index (χ0n) is 13.5. The molecule has 4 rings (SSSR count). The molecule has 3 aliphatic rings. The molecule has 2 aliphatic heterocycles. The van der Waals surface area contributed by atoms with Crippen LogP contribution in [-0.4, -0.2) is 64.1 Å². The number of ether oxygens (including phenoxy) is 1. The van der Waals surface area contributed by atoms with E-state index in [0.717, 1.165) is 44.6 Å². The number of rotatable bonds is 2. The van der Waals surface area contributed by atoms with E-state index in [1.54, 1.807) is 6.33 Å². The van der Waals surface area contributed by atoms with Crippen molar-refractivity contribution in [1.29, 1.82) is 0 Å². The summed E-state index contributed by atoms with van der Waals surface area (Å²) in [6.07, 6.45) is 9.31. The Morgan fingerprint density at radius 1 is 1.30 bits per heavy atom. The van der Waals surface area contributed by atoms with Gasteiger partial charge in [-0.05, 0) is 24.8 Å². The number of carbonyl (C=O) groups excluding carboxylic acids is 1. The third-order valence-electron chi connectivity index (χ3n) is 5.36. The van der Waals surface area contributed by atoms with Crippen LogP contribution < -0.4 is 0 Å². The maximum Gasteiger partial charge on any atom is 0.237 e. The summed E-state index contributed by atoms with van der Waals surface area (Å²) in [6, 6.07) is 0.296. The highest BCUT2D eigenvalue weighted by atomic mass is 16.5. The van der Waals surface area contributed by atoms with Crippen LogP contribution in [-0.2, 0) is 22.5 Å². The number of nitrogens with zero attached hydrogens (tertiary/aromatic N) is 4. The van der Waals surface area contributed by atoms with Gasteiger partial charge in [-0.25, -0.2) is 9.97 Å². The molecule has 6 nitrogen and oxygen atoms in total. The van der Waals surface area contributed by atoms with E-state index in [1.165, 1.54) is 18.4 Å². The molecular formula is C17H24N4O2. The zero-order valence-corrected chi connectivity index (χ0v) is 13.5. The van der Waals surface area contributed by atoms with E-state index in [9.17, 15) is 4.79 Å². The Labute approximate surface area is 136 Å². The number of morpholine rings is 1. The van der Waals surface area contributed by atoms with Crippen molar-refractivity contribution in [2.75, 3.05) is 26.2 Å². The second kappa shape index (κ2) is 6.53. The average molecular weight is 316 g/mol. The van der Waals surface area contributed by atoms with Crippen molar-refractivity contribution in [3.63, 3.8) is 0 Å². The second-order valence-corrected chi connectivity index (χ2v) is 6.80. The highest BCUT2D eigenvalue weighted by Crippen LogP contribution is 2.28. The highest BCUT2D eigenvalue weighted by molar-refractivity contribution is 5.78. The number of aromatic nitrogens is 2. The second-order valence-electron chi connectivity index (χ2n) is 6.80. The molecular weight excluding hydrogens is 292 g/mol. The quantitative estimate of drug-likeness (QED) is 0.815. The lowest BCUT2D eigenvalue weighted by Gasteiger charge is -2.44. The Morgan fingerprint density at radius 2 is 2.22 bits per heavy atom. The molecule has 1 aromatic rings. The van der Waals surface area contributed by atoms with E-state index in [4.69, 9.17) is 4.74 Å². The number of fused-ring (bicyclic) bond motifs is 2. The molecule has 1 saturated carbocycles. The molecule has 3 heterocycles. The molecule has 0 bridgehead atoms. The van der Waals surface area contributed by atoms with E-state index in [1.807, 2.05) is 6.20 Å². The minimum Gasteiger partial charge on any atom is -0.374 e. The molecule has 23 heavy (non-hydrogen) atoms. The summed E-state index contributed by atoms with van der Waals surface area (Å²) in [5.74, 6) is 0.253. The Balaban J connectivity index is 1.40. The number of hydrogen-bond acceptors (Lipinski definition) is 5. The van der Waals surface area contributed by atoms with Crippen molar-refractivity contribution in [1.82, 2.24) is 19.8 Å². The predicted molar refractivity (Wildman–Crippen MR) is 84.7 cm³/mol. The maximum atomic E-state index is 12.8. The van der Waals surface area contributed by atoms with Gasteiger partial charge in [-0.15, -0.1) is 0 Å². The van der Waals surface area contributed by atoms with Crippen LogP contribution in [0.5, 0.6) is 0 Å². The van der Waals surface area contributed by atoms with Gasteiger partial charge < -0.3 is 9.64 Å². The van der Waals surface area contributed by atoms with Gasteiger partial charge in [-0.2, -0.15) is 0 Å².